The molecule has 8 heteroatoms. The first-order chi connectivity index (χ1) is 6.06. The van der Waals surface area contributed by atoms with Crippen molar-refractivity contribution in [1.29, 1.82) is 0 Å². The van der Waals surface area contributed by atoms with E-state index < -0.39 is 24.4 Å². The van der Waals surface area contributed by atoms with Gasteiger partial charge in [-0.25, -0.2) is 0 Å². The Morgan fingerprint density at radius 2 is 1.36 bits per heavy atom. The molecule has 0 bridgehead atoms. The zero-order chi connectivity index (χ0) is 11.6. The van der Waals surface area contributed by atoms with Gasteiger partial charge in [0.25, 0.3) is 5.60 Å². The van der Waals surface area contributed by atoms with Crippen molar-refractivity contribution in [3.8, 4) is 0 Å². The Labute approximate surface area is 88.9 Å². The van der Waals surface area contributed by atoms with Crippen molar-refractivity contribution in [2.45, 2.75) is 24.4 Å². The summed E-state index contributed by atoms with van der Waals surface area (Å²) in [7, 11) is 0. The Kier molecular flexibility index (Phi) is 4.25. The Hall–Kier alpha value is 0.01000. The molecule has 0 radical (unpaired) electrons. The van der Waals surface area contributed by atoms with Gasteiger partial charge < -0.3 is 5.11 Å². The summed E-state index contributed by atoms with van der Waals surface area (Å²) in [5.41, 5.74) is -4.67. The zero-order valence-corrected chi connectivity index (χ0v) is 8.61. The minimum Gasteiger partial charge on any atom is -0.373 e. The molecule has 0 heterocycles. The van der Waals surface area contributed by atoms with Crippen LogP contribution in [0.3, 0.4) is 0 Å². The second-order valence-corrected chi connectivity index (χ2v) is 3.14. The molecule has 0 amide bonds. The molecule has 0 aliphatic rings. The van der Waals surface area contributed by atoms with E-state index in [1.165, 1.54) is 22.6 Å². The minimum atomic E-state index is -5.73. The van der Waals surface area contributed by atoms with E-state index in [0.29, 0.717) is 6.08 Å². The maximum absolute atomic E-state index is 11.9. The average Bonchev–Trinajstić information content (AvgIpc) is 1.95. The third kappa shape index (κ3) is 2.75. The molecule has 14 heavy (non-hydrogen) atoms. The molecule has 0 saturated heterocycles. The number of hydrogen-bond acceptors (Lipinski definition) is 1. The van der Waals surface area contributed by atoms with Crippen molar-refractivity contribution in [2.75, 3.05) is 0 Å². The fraction of sp³-hybridized carbons (Fsp3) is 0.667. The molecule has 0 aromatic heterocycles. The van der Waals surface area contributed by atoms with Gasteiger partial charge in [-0.15, -0.1) is 0 Å². The van der Waals surface area contributed by atoms with Crippen LogP contribution in [0.25, 0.3) is 0 Å². The maximum atomic E-state index is 11.9. The second-order valence-electron chi connectivity index (χ2n) is 2.42. The van der Waals surface area contributed by atoms with Crippen LogP contribution in [0, 0.1) is 0 Å². The van der Waals surface area contributed by atoms with Crippen molar-refractivity contribution >= 4 is 22.6 Å². The van der Waals surface area contributed by atoms with Crippen LogP contribution in [0.1, 0.15) is 6.42 Å². The largest absolute Gasteiger partial charge is 0.426 e. The van der Waals surface area contributed by atoms with E-state index in [1.807, 2.05) is 0 Å². The van der Waals surface area contributed by atoms with E-state index in [0.717, 1.165) is 4.08 Å². The molecular formula is C6H5F6IO. The van der Waals surface area contributed by atoms with Gasteiger partial charge in [0.05, 0.1) is 0 Å². The van der Waals surface area contributed by atoms with Crippen LogP contribution in [0.15, 0.2) is 10.2 Å². The highest BCUT2D eigenvalue weighted by molar-refractivity contribution is 14.1. The Balaban J connectivity index is 5.07. The van der Waals surface area contributed by atoms with Crippen molar-refractivity contribution < 1.29 is 31.4 Å². The average molecular weight is 334 g/mol. The van der Waals surface area contributed by atoms with Crippen LogP contribution >= 0.6 is 22.6 Å². The van der Waals surface area contributed by atoms with E-state index in [2.05, 4.69) is 0 Å². The maximum Gasteiger partial charge on any atom is 0.426 e. The summed E-state index contributed by atoms with van der Waals surface area (Å²) in [4.78, 5) is 0. The highest BCUT2D eigenvalue weighted by Crippen LogP contribution is 2.45. The molecule has 1 N–H and O–H groups in total. The third-order valence-corrected chi connectivity index (χ3v) is 1.95. The van der Waals surface area contributed by atoms with Crippen LogP contribution in [0.2, 0.25) is 0 Å². The van der Waals surface area contributed by atoms with Crippen LogP contribution in [-0.4, -0.2) is 23.1 Å². The summed E-state index contributed by atoms with van der Waals surface area (Å²) in [5.74, 6) is 0. The normalized spacial score (nSPS) is 15.1. The molecule has 0 rings (SSSR count). The highest BCUT2D eigenvalue weighted by atomic mass is 127. The Morgan fingerprint density at radius 3 is 1.57 bits per heavy atom. The summed E-state index contributed by atoms with van der Waals surface area (Å²) in [6, 6.07) is 0. The number of aliphatic hydroxyl groups is 1. The second kappa shape index (κ2) is 4.25. The Morgan fingerprint density at radius 1 is 1.00 bits per heavy atom. The third-order valence-electron chi connectivity index (χ3n) is 1.44. The molecule has 0 aliphatic heterocycles. The molecule has 0 unspecified atom stereocenters. The molecule has 0 aliphatic carbocycles. The van der Waals surface area contributed by atoms with Gasteiger partial charge in [-0.1, -0.05) is 28.7 Å². The van der Waals surface area contributed by atoms with Gasteiger partial charge in [0.2, 0.25) is 0 Å². The molecule has 1 nitrogen and oxygen atoms in total. The van der Waals surface area contributed by atoms with Gasteiger partial charge in [0.1, 0.15) is 0 Å². The Bertz CT molecular complexity index is 203. The molecule has 0 aromatic carbocycles. The number of halogens is 7. The first kappa shape index (κ1) is 14.0. The molecule has 0 aromatic rings. The number of hydrogen-bond donors (Lipinski definition) is 1. The van der Waals surface area contributed by atoms with Gasteiger partial charge >= 0.3 is 12.4 Å². The van der Waals surface area contributed by atoms with Crippen molar-refractivity contribution in [3.63, 3.8) is 0 Å². The first-order valence-corrected chi connectivity index (χ1v) is 4.42. The molecule has 84 valence electrons. The number of rotatable bonds is 2. The smallest absolute Gasteiger partial charge is 0.373 e. The lowest BCUT2D eigenvalue weighted by atomic mass is 9.98. The summed E-state index contributed by atoms with van der Waals surface area (Å²) >= 11 is 1.46. The van der Waals surface area contributed by atoms with Crippen LogP contribution in [0.5, 0.6) is 0 Å². The summed E-state index contributed by atoms with van der Waals surface area (Å²) in [6.45, 7) is 0. The van der Waals surface area contributed by atoms with Gasteiger partial charge in [-0.05, 0) is 4.08 Å². The van der Waals surface area contributed by atoms with Crippen molar-refractivity contribution in [1.82, 2.24) is 0 Å². The van der Waals surface area contributed by atoms with Gasteiger partial charge in [0.15, 0.2) is 0 Å². The van der Waals surface area contributed by atoms with Gasteiger partial charge in [0, 0.05) is 6.42 Å². The highest BCUT2D eigenvalue weighted by Gasteiger charge is 2.69. The van der Waals surface area contributed by atoms with Crippen LogP contribution in [-0.2, 0) is 0 Å². The fourth-order valence-electron chi connectivity index (χ4n) is 0.607. The fourth-order valence-corrected chi connectivity index (χ4v) is 0.862. The van der Waals surface area contributed by atoms with E-state index in [-0.39, 0.29) is 0 Å². The molecule has 0 fully saturated rings. The first-order valence-electron chi connectivity index (χ1n) is 3.17. The van der Waals surface area contributed by atoms with E-state index in [9.17, 15) is 26.3 Å². The van der Waals surface area contributed by atoms with E-state index >= 15 is 0 Å². The van der Waals surface area contributed by atoms with Crippen molar-refractivity contribution in [2.24, 2.45) is 0 Å². The lowest BCUT2D eigenvalue weighted by Gasteiger charge is -2.31. The van der Waals surface area contributed by atoms with E-state index in [4.69, 9.17) is 5.11 Å². The van der Waals surface area contributed by atoms with Gasteiger partial charge in [-0.2, -0.15) is 26.3 Å². The van der Waals surface area contributed by atoms with Crippen LogP contribution in [0.4, 0.5) is 26.3 Å². The molecular weight excluding hydrogens is 329 g/mol. The SMILES string of the molecule is OC(C/C=C/I)(C(F)(F)F)C(F)(F)F. The summed E-state index contributed by atoms with van der Waals surface area (Å²) < 4.78 is 72.5. The predicted molar refractivity (Wildman–Crippen MR) is 44.8 cm³/mol. The monoisotopic (exact) mass is 334 g/mol. The van der Waals surface area contributed by atoms with Crippen molar-refractivity contribution in [3.05, 3.63) is 10.2 Å². The standard InChI is InChI=1S/C6H5F6IO/c7-5(8,9)4(14,2-1-3-13)6(10,11)12/h1,3,14H,2H2/b3-1+. The van der Waals surface area contributed by atoms with Crippen LogP contribution < -0.4 is 0 Å². The molecule has 0 atom stereocenters. The molecule has 0 saturated carbocycles. The lowest BCUT2D eigenvalue weighted by Crippen LogP contribution is -2.56. The predicted octanol–water partition coefficient (Wildman–Crippen LogP) is 3.18. The van der Waals surface area contributed by atoms with E-state index in [1.54, 1.807) is 0 Å². The quantitative estimate of drug-likeness (QED) is 0.608. The zero-order valence-electron chi connectivity index (χ0n) is 6.45. The lowest BCUT2D eigenvalue weighted by molar-refractivity contribution is -0.366. The topological polar surface area (TPSA) is 20.2 Å². The summed E-state index contributed by atoms with van der Waals surface area (Å²) in [5, 5.41) is 8.51. The molecule has 0 spiro atoms. The minimum absolute atomic E-state index is 0.599. The summed E-state index contributed by atoms with van der Waals surface area (Å²) in [6.07, 6.45) is -12.4. The van der Waals surface area contributed by atoms with Gasteiger partial charge in [-0.3, -0.25) is 0 Å². The number of alkyl halides is 6.